The van der Waals surface area contributed by atoms with Crippen LogP contribution in [0.25, 0.3) is 0 Å². The summed E-state index contributed by atoms with van der Waals surface area (Å²) < 4.78 is 5.85. The van der Waals surface area contributed by atoms with Gasteiger partial charge in [-0.3, -0.25) is 4.98 Å². The van der Waals surface area contributed by atoms with Crippen LogP contribution in [0.4, 0.5) is 4.79 Å². The summed E-state index contributed by atoms with van der Waals surface area (Å²) in [6, 6.07) is 3.73. The van der Waals surface area contributed by atoms with Gasteiger partial charge in [0.1, 0.15) is 11.4 Å². The zero-order chi connectivity index (χ0) is 11.2. The lowest BCUT2D eigenvalue weighted by Gasteiger charge is -2.16. The summed E-state index contributed by atoms with van der Waals surface area (Å²) in [7, 11) is 0. The third kappa shape index (κ3) is 1.31. The fourth-order valence-corrected chi connectivity index (χ4v) is 2.34. The molecule has 0 radical (unpaired) electrons. The average Bonchev–Trinajstić information content (AvgIpc) is 2.94. The number of carboxylic acid groups (broad SMARTS) is 1. The van der Waals surface area contributed by atoms with Crippen molar-refractivity contribution >= 4 is 6.09 Å². The zero-order valence-electron chi connectivity index (χ0n) is 8.64. The second-order valence-electron chi connectivity index (χ2n) is 4.29. The number of fused-ring (bicyclic) bond motifs is 1. The fraction of sp³-hybridized carbons (Fsp3) is 0.455. The van der Waals surface area contributed by atoms with Gasteiger partial charge in [0.25, 0.3) is 0 Å². The van der Waals surface area contributed by atoms with Crippen LogP contribution in [-0.4, -0.2) is 28.3 Å². The van der Waals surface area contributed by atoms with Gasteiger partial charge in [-0.2, -0.15) is 0 Å². The van der Waals surface area contributed by atoms with Crippen LogP contribution < -0.4 is 10.1 Å². The molecule has 2 aliphatic rings. The number of nitrogens with one attached hydrogen (secondary N) is 1. The van der Waals surface area contributed by atoms with Gasteiger partial charge in [0.15, 0.2) is 0 Å². The Morgan fingerprint density at radius 1 is 1.69 bits per heavy atom. The van der Waals surface area contributed by atoms with E-state index >= 15 is 0 Å². The molecule has 5 heteroatoms. The van der Waals surface area contributed by atoms with E-state index in [0.717, 1.165) is 24.3 Å². The Balaban J connectivity index is 1.87. The Bertz CT molecular complexity index is 443. The Labute approximate surface area is 92.4 Å². The van der Waals surface area contributed by atoms with E-state index in [0.29, 0.717) is 6.54 Å². The first-order chi connectivity index (χ1) is 7.71. The number of hydrogen-bond donors (Lipinski definition) is 2. The molecule has 3 rings (SSSR count). The lowest BCUT2D eigenvalue weighted by atomic mass is 9.98. The Kier molecular flexibility index (Phi) is 1.83. The van der Waals surface area contributed by atoms with Crippen molar-refractivity contribution in [2.75, 3.05) is 6.54 Å². The lowest BCUT2D eigenvalue weighted by Crippen LogP contribution is -2.33. The summed E-state index contributed by atoms with van der Waals surface area (Å²) in [6.45, 7) is 0.374. The normalized spacial score (nSPS) is 23.6. The summed E-state index contributed by atoms with van der Waals surface area (Å²) >= 11 is 0. The van der Waals surface area contributed by atoms with Crippen LogP contribution in [0.3, 0.4) is 0 Å². The Morgan fingerprint density at radius 3 is 3.19 bits per heavy atom. The van der Waals surface area contributed by atoms with Gasteiger partial charge in [0.2, 0.25) is 0 Å². The average molecular weight is 220 g/mol. The van der Waals surface area contributed by atoms with Crippen LogP contribution in [0, 0.1) is 0 Å². The van der Waals surface area contributed by atoms with E-state index in [4.69, 9.17) is 9.84 Å². The smallest absolute Gasteiger partial charge is 0.404 e. The molecule has 1 spiro atoms. The van der Waals surface area contributed by atoms with Gasteiger partial charge in [0.05, 0.1) is 11.6 Å². The Morgan fingerprint density at radius 2 is 2.50 bits per heavy atom. The highest BCUT2D eigenvalue weighted by Gasteiger charge is 2.58. The molecule has 1 aromatic heterocycles. The van der Waals surface area contributed by atoms with Crippen LogP contribution in [-0.2, 0) is 0 Å². The topological polar surface area (TPSA) is 71.5 Å². The van der Waals surface area contributed by atoms with E-state index in [1.165, 1.54) is 0 Å². The molecule has 1 amide bonds. The highest BCUT2D eigenvalue weighted by Crippen LogP contribution is 2.56. The van der Waals surface area contributed by atoms with Crippen LogP contribution in [0.15, 0.2) is 18.3 Å². The lowest BCUT2D eigenvalue weighted by molar-refractivity contribution is 0.171. The number of carbonyl (C=O) groups is 1. The minimum atomic E-state index is -1.000. The number of amides is 1. The van der Waals surface area contributed by atoms with Crippen molar-refractivity contribution in [3.63, 3.8) is 0 Å². The van der Waals surface area contributed by atoms with Gasteiger partial charge in [-0.15, -0.1) is 0 Å². The molecular weight excluding hydrogens is 208 g/mol. The number of rotatable bonds is 2. The molecule has 1 saturated carbocycles. The first-order valence-electron chi connectivity index (χ1n) is 5.32. The summed E-state index contributed by atoms with van der Waals surface area (Å²) in [5.41, 5.74) is 0.702. The van der Waals surface area contributed by atoms with Crippen LogP contribution >= 0.6 is 0 Å². The first-order valence-corrected chi connectivity index (χ1v) is 5.32. The predicted octanol–water partition coefficient (Wildman–Crippen LogP) is 1.36. The molecule has 5 nitrogen and oxygen atoms in total. The van der Waals surface area contributed by atoms with Crippen molar-refractivity contribution in [1.82, 2.24) is 10.3 Å². The maximum absolute atomic E-state index is 10.5. The molecule has 1 aliphatic carbocycles. The highest BCUT2D eigenvalue weighted by atomic mass is 16.5. The summed E-state index contributed by atoms with van der Waals surface area (Å²) in [6.07, 6.45) is 2.68. The monoisotopic (exact) mass is 220 g/mol. The molecule has 1 atom stereocenters. The van der Waals surface area contributed by atoms with Crippen molar-refractivity contribution in [3.8, 4) is 5.75 Å². The van der Waals surface area contributed by atoms with Gasteiger partial charge in [0, 0.05) is 12.7 Å². The van der Waals surface area contributed by atoms with Gasteiger partial charge in [-0.1, -0.05) is 0 Å². The van der Waals surface area contributed by atoms with E-state index in [2.05, 4.69) is 10.3 Å². The van der Waals surface area contributed by atoms with E-state index in [-0.39, 0.29) is 11.5 Å². The van der Waals surface area contributed by atoms with Crippen molar-refractivity contribution in [3.05, 3.63) is 24.0 Å². The molecular formula is C11H12N2O3. The maximum atomic E-state index is 10.5. The summed E-state index contributed by atoms with van der Waals surface area (Å²) in [5.74, 6) is 0.858. The first kappa shape index (κ1) is 9.45. The molecule has 0 saturated heterocycles. The number of ether oxygens (including phenoxy) is 1. The molecule has 0 bridgehead atoms. The van der Waals surface area contributed by atoms with E-state index in [1.807, 2.05) is 12.1 Å². The highest BCUT2D eigenvalue weighted by molar-refractivity contribution is 5.64. The molecule has 0 aromatic carbocycles. The molecule has 1 aliphatic heterocycles. The van der Waals surface area contributed by atoms with Crippen molar-refractivity contribution in [1.29, 1.82) is 0 Å². The maximum Gasteiger partial charge on any atom is 0.404 e. The number of nitrogens with zero attached hydrogens (tertiary/aromatic N) is 1. The van der Waals surface area contributed by atoms with Crippen molar-refractivity contribution < 1.29 is 14.6 Å². The van der Waals surface area contributed by atoms with E-state index < -0.39 is 6.09 Å². The number of hydrogen-bond acceptors (Lipinski definition) is 3. The van der Waals surface area contributed by atoms with Gasteiger partial charge < -0.3 is 15.2 Å². The zero-order valence-corrected chi connectivity index (χ0v) is 8.64. The number of pyridine rings is 1. The van der Waals surface area contributed by atoms with Crippen molar-refractivity contribution in [2.45, 2.75) is 24.4 Å². The molecule has 84 valence electrons. The second kappa shape index (κ2) is 3.10. The summed E-state index contributed by atoms with van der Waals surface area (Å²) in [5, 5.41) is 11.1. The van der Waals surface area contributed by atoms with Crippen LogP contribution in [0.1, 0.15) is 24.5 Å². The molecule has 1 unspecified atom stereocenters. The molecule has 16 heavy (non-hydrogen) atoms. The van der Waals surface area contributed by atoms with E-state index in [9.17, 15) is 4.79 Å². The third-order valence-electron chi connectivity index (χ3n) is 3.28. The number of aromatic nitrogens is 1. The van der Waals surface area contributed by atoms with Crippen molar-refractivity contribution in [2.24, 2.45) is 0 Å². The molecule has 2 heterocycles. The minimum Gasteiger partial charge on any atom is -0.485 e. The fourth-order valence-electron chi connectivity index (χ4n) is 2.34. The van der Waals surface area contributed by atoms with E-state index in [1.54, 1.807) is 6.20 Å². The van der Waals surface area contributed by atoms with Gasteiger partial charge in [-0.05, 0) is 25.0 Å². The largest absolute Gasteiger partial charge is 0.485 e. The molecule has 1 aromatic rings. The standard InChI is InChI=1S/C11H12N2O3/c14-10(15)13-6-7-9-8(2-1-5-12-9)16-11(7)3-4-11/h1-2,5,7,13H,3-4,6H2,(H,14,15). The SMILES string of the molecule is O=C(O)NCC1c2ncccc2OC12CC2. The minimum absolute atomic E-state index is 0.0554. The summed E-state index contributed by atoms with van der Waals surface area (Å²) in [4.78, 5) is 14.8. The van der Waals surface area contributed by atoms with Crippen LogP contribution in [0.5, 0.6) is 5.75 Å². The van der Waals surface area contributed by atoms with Gasteiger partial charge in [-0.25, -0.2) is 4.79 Å². The molecule has 1 fully saturated rings. The van der Waals surface area contributed by atoms with Gasteiger partial charge >= 0.3 is 6.09 Å². The predicted molar refractivity (Wildman–Crippen MR) is 55.6 cm³/mol. The Hall–Kier alpha value is -1.78. The quantitative estimate of drug-likeness (QED) is 0.789. The molecule has 2 N–H and O–H groups in total. The third-order valence-corrected chi connectivity index (χ3v) is 3.28. The second-order valence-corrected chi connectivity index (χ2v) is 4.29. The van der Waals surface area contributed by atoms with Crippen LogP contribution in [0.2, 0.25) is 0 Å².